The Morgan fingerprint density at radius 3 is 2.33 bits per heavy atom. The standard InChI is InChI=1S/C23H34N2O2/c1-6-22(18(4)21-11-16-27-23(21)17(2)3)25-14-12-24(13-15-25)19-7-9-20(26-5)10-8-19/h7-10,17H,6,11-16H2,1-5H3/b22-18+. The number of methoxy groups -OCH3 is 1. The molecule has 4 nitrogen and oxygen atoms in total. The molecule has 1 aromatic carbocycles. The molecule has 0 aliphatic carbocycles. The number of nitrogens with zero attached hydrogens (tertiary/aromatic N) is 2. The van der Waals surface area contributed by atoms with Crippen molar-refractivity contribution in [2.45, 2.75) is 40.5 Å². The van der Waals surface area contributed by atoms with Crippen LogP contribution < -0.4 is 9.64 Å². The van der Waals surface area contributed by atoms with Crippen LogP contribution in [-0.2, 0) is 4.74 Å². The van der Waals surface area contributed by atoms with Crippen molar-refractivity contribution in [3.05, 3.63) is 46.9 Å². The summed E-state index contributed by atoms with van der Waals surface area (Å²) in [7, 11) is 1.71. The van der Waals surface area contributed by atoms with Gasteiger partial charge in [-0.05, 0) is 48.8 Å². The Hall–Kier alpha value is -2.10. The monoisotopic (exact) mass is 370 g/mol. The number of benzene rings is 1. The van der Waals surface area contributed by atoms with Crippen molar-refractivity contribution in [2.24, 2.45) is 5.92 Å². The summed E-state index contributed by atoms with van der Waals surface area (Å²) >= 11 is 0. The lowest BCUT2D eigenvalue weighted by Gasteiger charge is -2.39. The van der Waals surface area contributed by atoms with Crippen molar-refractivity contribution in [1.29, 1.82) is 0 Å². The van der Waals surface area contributed by atoms with Crippen molar-refractivity contribution in [3.63, 3.8) is 0 Å². The number of hydrogen-bond acceptors (Lipinski definition) is 4. The van der Waals surface area contributed by atoms with E-state index in [1.165, 1.54) is 28.3 Å². The molecule has 0 saturated carbocycles. The van der Waals surface area contributed by atoms with E-state index in [9.17, 15) is 0 Å². The zero-order valence-electron chi connectivity index (χ0n) is 17.5. The third kappa shape index (κ3) is 4.26. The molecule has 0 unspecified atom stereocenters. The maximum absolute atomic E-state index is 5.93. The molecular weight excluding hydrogens is 336 g/mol. The molecule has 2 aliphatic heterocycles. The molecule has 0 radical (unpaired) electrons. The van der Waals surface area contributed by atoms with Gasteiger partial charge in [-0.25, -0.2) is 0 Å². The fourth-order valence-corrected chi connectivity index (χ4v) is 4.29. The maximum Gasteiger partial charge on any atom is 0.119 e. The molecule has 4 heteroatoms. The molecule has 0 N–H and O–H groups in total. The molecule has 0 amide bonds. The Labute approximate surface area is 164 Å². The normalized spacial score (nSPS) is 18.7. The van der Waals surface area contributed by atoms with E-state index in [4.69, 9.17) is 9.47 Å². The Bertz CT molecular complexity index is 696. The Morgan fingerprint density at radius 1 is 1.11 bits per heavy atom. The molecule has 1 fully saturated rings. The second-order valence-corrected chi connectivity index (χ2v) is 7.69. The molecule has 0 atom stereocenters. The van der Waals surface area contributed by atoms with Crippen LogP contribution in [0.1, 0.15) is 40.5 Å². The van der Waals surface area contributed by atoms with Gasteiger partial charge in [-0.15, -0.1) is 0 Å². The minimum Gasteiger partial charge on any atom is -0.497 e. The summed E-state index contributed by atoms with van der Waals surface area (Å²) in [5.74, 6) is 2.58. The first-order valence-electron chi connectivity index (χ1n) is 10.2. The molecule has 0 spiro atoms. The quantitative estimate of drug-likeness (QED) is 0.716. The van der Waals surface area contributed by atoms with Gasteiger partial charge in [0.15, 0.2) is 0 Å². The van der Waals surface area contributed by atoms with Crippen LogP contribution in [0.5, 0.6) is 5.75 Å². The van der Waals surface area contributed by atoms with Gasteiger partial charge in [-0.2, -0.15) is 0 Å². The highest BCUT2D eigenvalue weighted by Crippen LogP contribution is 2.34. The van der Waals surface area contributed by atoms with Crippen LogP contribution in [0, 0.1) is 5.92 Å². The van der Waals surface area contributed by atoms with Gasteiger partial charge in [0.05, 0.1) is 13.7 Å². The Balaban J connectivity index is 1.72. The zero-order valence-corrected chi connectivity index (χ0v) is 17.5. The average Bonchev–Trinajstić information content (AvgIpc) is 3.19. The molecule has 1 saturated heterocycles. The van der Waals surface area contributed by atoms with Crippen LogP contribution in [0.3, 0.4) is 0 Å². The summed E-state index contributed by atoms with van der Waals surface area (Å²) in [4.78, 5) is 5.05. The van der Waals surface area contributed by atoms with Gasteiger partial charge in [0.25, 0.3) is 0 Å². The SMILES string of the molecule is CC/C(=C(/C)C1=C(C(C)C)OCC1)N1CCN(c2ccc(OC)cc2)CC1. The minimum absolute atomic E-state index is 0.461. The fraction of sp³-hybridized carbons (Fsp3) is 0.565. The summed E-state index contributed by atoms with van der Waals surface area (Å²) in [6.07, 6.45) is 2.12. The lowest BCUT2D eigenvalue weighted by Crippen LogP contribution is -2.46. The van der Waals surface area contributed by atoms with Crippen molar-refractivity contribution in [3.8, 4) is 5.75 Å². The molecule has 1 aromatic rings. The number of ether oxygens (including phenoxy) is 2. The fourth-order valence-electron chi connectivity index (χ4n) is 4.29. The third-order valence-corrected chi connectivity index (χ3v) is 5.75. The van der Waals surface area contributed by atoms with E-state index < -0.39 is 0 Å². The Kier molecular flexibility index (Phi) is 6.35. The summed E-state index contributed by atoms with van der Waals surface area (Å²) in [6.45, 7) is 14.1. The minimum atomic E-state index is 0.461. The first kappa shape index (κ1) is 19.7. The van der Waals surface area contributed by atoms with E-state index in [-0.39, 0.29) is 0 Å². The predicted octanol–water partition coefficient (Wildman–Crippen LogP) is 4.83. The van der Waals surface area contributed by atoms with E-state index in [1.807, 2.05) is 12.1 Å². The van der Waals surface area contributed by atoms with Crippen LogP contribution >= 0.6 is 0 Å². The number of rotatable bonds is 6. The lowest BCUT2D eigenvalue weighted by atomic mass is 9.96. The summed E-state index contributed by atoms with van der Waals surface area (Å²) in [5, 5.41) is 0. The van der Waals surface area contributed by atoms with E-state index in [0.717, 1.165) is 51.4 Å². The molecular formula is C23H34N2O2. The first-order chi connectivity index (χ1) is 13.0. The van der Waals surface area contributed by atoms with Gasteiger partial charge in [-0.1, -0.05) is 20.8 Å². The predicted molar refractivity (Wildman–Crippen MR) is 112 cm³/mol. The van der Waals surface area contributed by atoms with Gasteiger partial charge < -0.3 is 19.3 Å². The maximum atomic E-state index is 5.93. The van der Waals surface area contributed by atoms with Crippen LogP contribution in [-0.4, -0.2) is 44.8 Å². The van der Waals surface area contributed by atoms with Gasteiger partial charge in [-0.3, -0.25) is 0 Å². The van der Waals surface area contributed by atoms with Crippen LogP contribution in [0.15, 0.2) is 46.9 Å². The van der Waals surface area contributed by atoms with Gasteiger partial charge in [0.2, 0.25) is 0 Å². The molecule has 0 bridgehead atoms. The van der Waals surface area contributed by atoms with Crippen molar-refractivity contribution >= 4 is 5.69 Å². The second-order valence-electron chi connectivity index (χ2n) is 7.69. The summed E-state index contributed by atoms with van der Waals surface area (Å²) in [5.41, 5.74) is 5.65. The number of hydrogen-bond donors (Lipinski definition) is 0. The molecule has 27 heavy (non-hydrogen) atoms. The second kappa shape index (κ2) is 8.73. The summed E-state index contributed by atoms with van der Waals surface area (Å²) in [6, 6.07) is 8.41. The molecule has 148 valence electrons. The molecule has 0 aromatic heterocycles. The van der Waals surface area contributed by atoms with Crippen LogP contribution in [0.4, 0.5) is 5.69 Å². The number of anilines is 1. The highest BCUT2D eigenvalue weighted by atomic mass is 16.5. The average molecular weight is 371 g/mol. The largest absolute Gasteiger partial charge is 0.497 e. The topological polar surface area (TPSA) is 24.9 Å². The number of allylic oxidation sites excluding steroid dienone is 3. The molecule has 2 aliphatic rings. The van der Waals surface area contributed by atoms with E-state index in [1.54, 1.807) is 7.11 Å². The Morgan fingerprint density at radius 2 is 1.78 bits per heavy atom. The first-order valence-corrected chi connectivity index (χ1v) is 10.2. The van der Waals surface area contributed by atoms with Crippen LogP contribution in [0.2, 0.25) is 0 Å². The lowest BCUT2D eigenvalue weighted by molar-refractivity contribution is 0.216. The van der Waals surface area contributed by atoms with Crippen LogP contribution in [0.25, 0.3) is 0 Å². The van der Waals surface area contributed by atoms with E-state index in [2.05, 4.69) is 49.6 Å². The molecule has 3 rings (SSSR count). The van der Waals surface area contributed by atoms with Crippen molar-refractivity contribution < 1.29 is 9.47 Å². The highest BCUT2D eigenvalue weighted by Gasteiger charge is 2.25. The van der Waals surface area contributed by atoms with Crippen molar-refractivity contribution in [1.82, 2.24) is 4.90 Å². The van der Waals surface area contributed by atoms with Gasteiger partial charge in [0, 0.05) is 49.9 Å². The summed E-state index contributed by atoms with van der Waals surface area (Å²) < 4.78 is 11.2. The number of piperazine rings is 1. The van der Waals surface area contributed by atoms with Gasteiger partial charge in [0.1, 0.15) is 11.5 Å². The highest BCUT2D eigenvalue weighted by molar-refractivity contribution is 5.49. The zero-order chi connectivity index (χ0) is 19.4. The van der Waals surface area contributed by atoms with Crippen molar-refractivity contribution in [2.75, 3.05) is 44.8 Å². The van der Waals surface area contributed by atoms with E-state index in [0.29, 0.717) is 5.92 Å². The van der Waals surface area contributed by atoms with Gasteiger partial charge >= 0.3 is 0 Å². The molecule has 2 heterocycles. The van der Waals surface area contributed by atoms with E-state index >= 15 is 0 Å². The third-order valence-electron chi connectivity index (χ3n) is 5.75. The smallest absolute Gasteiger partial charge is 0.119 e.